The van der Waals surface area contributed by atoms with Gasteiger partial charge < -0.3 is 10.1 Å². The van der Waals surface area contributed by atoms with Crippen molar-refractivity contribution in [2.75, 3.05) is 18.9 Å². The van der Waals surface area contributed by atoms with E-state index < -0.39 is 5.97 Å². The van der Waals surface area contributed by atoms with E-state index in [2.05, 4.69) is 34.6 Å². The fourth-order valence-corrected chi connectivity index (χ4v) is 3.73. The van der Waals surface area contributed by atoms with E-state index in [4.69, 9.17) is 4.74 Å². The highest BCUT2D eigenvalue weighted by atomic mass is 32.2. The Morgan fingerprint density at radius 3 is 2.81 bits per heavy atom. The van der Waals surface area contributed by atoms with Crippen LogP contribution < -0.4 is 5.32 Å². The van der Waals surface area contributed by atoms with Gasteiger partial charge in [-0.05, 0) is 37.3 Å². The molecule has 0 aliphatic rings. The van der Waals surface area contributed by atoms with Crippen molar-refractivity contribution in [2.45, 2.75) is 11.8 Å². The second kappa shape index (κ2) is 8.82. The van der Waals surface area contributed by atoms with Crippen molar-refractivity contribution in [3.8, 4) is 0 Å². The van der Waals surface area contributed by atoms with Gasteiger partial charge in [0.1, 0.15) is 0 Å². The van der Waals surface area contributed by atoms with Crippen molar-refractivity contribution < 1.29 is 14.3 Å². The van der Waals surface area contributed by atoms with Gasteiger partial charge in [-0.3, -0.25) is 4.79 Å². The SMILES string of the molecule is Cc1ccc(SCCNC(=O)COC(=O)c2ccc3ncsc3c2)cc1. The molecule has 0 bridgehead atoms. The maximum atomic E-state index is 12.0. The van der Waals surface area contributed by atoms with Gasteiger partial charge in [-0.15, -0.1) is 23.1 Å². The molecule has 0 aliphatic heterocycles. The molecule has 2 aromatic carbocycles. The summed E-state index contributed by atoms with van der Waals surface area (Å²) in [5.41, 5.74) is 4.21. The number of rotatable bonds is 7. The molecule has 134 valence electrons. The number of carbonyl (C=O) groups excluding carboxylic acids is 2. The lowest BCUT2D eigenvalue weighted by molar-refractivity contribution is -0.124. The Morgan fingerprint density at radius 1 is 1.19 bits per heavy atom. The Morgan fingerprint density at radius 2 is 2.00 bits per heavy atom. The summed E-state index contributed by atoms with van der Waals surface area (Å²) < 4.78 is 5.98. The van der Waals surface area contributed by atoms with Crippen LogP contribution in [0.2, 0.25) is 0 Å². The minimum absolute atomic E-state index is 0.283. The lowest BCUT2D eigenvalue weighted by atomic mass is 10.2. The summed E-state index contributed by atoms with van der Waals surface area (Å²) in [5.74, 6) is -0.0589. The van der Waals surface area contributed by atoms with Crippen LogP contribution in [0.25, 0.3) is 10.2 Å². The molecular formula is C19H18N2O3S2. The molecule has 0 unspecified atom stereocenters. The highest BCUT2D eigenvalue weighted by molar-refractivity contribution is 7.99. The predicted molar refractivity (Wildman–Crippen MR) is 105 cm³/mol. The zero-order valence-electron chi connectivity index (χ0n) is 14.2. The monoisotopic (exact) mass is 386 g/mol. The molecule has 7 heteroatoms. The number of nitrogens with one attached hydrogen (secondary N) is 1. The molecule has 0 spiro atoms. The normalized spacial score (nSPS) is 10.7. The molecular weight excluding hydrogens is 368 g/mol. The number of nitrogens with zero attached hydrogens (tertiary/aromatic N) is 1. The van der Waals surface area contributed by atoms with Gasteiger partial charge >= 0.3 is 5.97 Å². The molecule has 0 radical (unpaired) electrons. The first-order valence-corrected chi connectivity index (χ1v) is 9.95. The number of fused-ring (bicyclic) bond motifs is 1. The van der Waals surface area contributed by atoms with E-state index in [-0.39, 0.29) is 12.5 Å². The average molecular weight is 386 g/mol. The number of thioether (sulfide) groups is 1. The van der Waals surface area contributed by atoms with Crippen molar-refractivity contribution >= 4 is 45.2 Å². The lowest BCUT2D eigenvalue weighted by Gasteiger charge is -2.07. The number of aryl methyl sites for hydroxylation is 1. The number of aromatic nitrogens is 1. The van der Waals surface area contributed by atoms with E-state index in [1.807, 2.05) is 6.92 Å². The molecule has 1 amide bonds. The molecule has 1 N–H and O–H groups in total. The molecule has 5 nitrogen and oxygen atoms in total. The Hall–Kier alpha value is -2.38. The van der Waals surface area contributed by atoms with Gasteiger partial charge in [0, 0.05) is 17.2 Å². The number of carbonyl (C=O) groups is 2. The first-order valence-electron chi connectivity index (χ1n) is 8.08. The second-order valence-corrected chi connectivity index (χ2v) is 7.68. The lowest BCUT2D eigenvalue weighted by Crippen LogP contribution is -2.30. The number of amides is 1. The highest BCUT2D eigenvalue weighted by Gasteiger charge is 2.11. The summed E-state index contributed by atoms with van der Waals surface area (Å²) in [6.45, 7) is 2.28. The maximum Gasteiger partial charge on any atom is 0.338 e. The highest BCUT2D eigenvalue weighted by Crippen LogP contribution is 2.19. The Labute approximate surface area is 159 Å². The quantitative estimate of drug-likeness (QED) is 0.381. The van der Waals surface area contributed by atoms with Gasteiger partial charge in [-0.1, -0.05) is 17.7 Å². The van der Waals surface area contributed by atoms with Gasteiger partial charge in [-0.25, -0.2) is 9.78 Å². The van der Waals surface area contributed by atoms with E-state index in [1.165, 1.54) is 16.9 Å². The fourth-order valence-electron chi connectivity index (χ4n) is 2.24. The number of thiazole rings is 1. The molecule has 0 fully saturated rings. The third-order valence-electron chi connectivity index (χ3n) is 3.62. The molecule has 0 saturated heterocycles. The zero-order valence-corrected chi connectivity index (χ0v) is 15.9. The first-order chi connectivity index (χ1) is 12.6. The standard InChI is InChI=1S/C19H18N2O3S2/c1-13-2-5-15(6-3-13)25-9-8-20-18(22)11-24-19(23)14-4-7-16-17(10-14)26-12-21-16/h2-7,10,12H,8-9,11H2,1H3,(H,20,22). The second-order valence-electron chi connectivity index (χ2n) is 5.62. The van der Waals surface area contributed by atoms with Crippen LogP contribution >= 0.6 is 23.1 Å². The minimum Gasteiger partial charge on any atom is -0.452 e. The van der Waals surface area contributed by atoms with Crippen LogP contribution in [0.1, 0.15) is 15.9 Å². The molecule has 0 saturated carbocycles. The van der Waals surface area contributed by atoms with Crippen molar-refractivity contribution in [3.63, 3.8) is 0 Å². The molecule has 1 heterocycles. The van der Waals surface area contributed by atoms with Gasteiger partial charge in [0.2, 0.25) is 0 Å². The van der Waals surface area contributed by atoms with Crippen molar-refractivity contribution in [3.05, 3.63) is 59.1 Å². The van der Waals surface area contributed by atoms with Crippen LogP contribution in [-0.4, -0.2) is 35.8 Å². The molecule has 3 aromatic rings. The topological polar surface area (TPSA) is 68.3 Å². The largest absolute Gasteiger partial charge is 0.452 e. The first kappa shape index (κ1) is 18.4. The van der Waals surface area contributed by atoms with Crippen molar-refractivity contribution in [2.24, 2.45) is 0 Å². The Bertz CT molecular complexity index is 907. The molecule has 1 aromatic heterocycles. The van der Waals surface area contributed by atoms with Crippen molar-refractivity contribution in [1.82, 2.24) is 10.3 Å². The van der Waals surface area contributed by atoms with Gasteiger partial charge in [-0.2, -0.15) is 0 Å². The van der Waals surface area contributed by atoms with Gasteiger partial charge in [0.15, 0.2) is 6.61 Å². The van der Waals surface area contributed by atoms with Crippen LogP contribution in [0.5, 0.6) is 0 Å². The number of ether oxygens (including phenoxy) is 1. The number of hydrogen-bond donors (Lipinski definition) is 1. The van der Waals surface area contributed by atoms with Gasteiger partial charge in [0.25, 0.3) is 5.91 Å². The van der Waals surface area contributed by atoms with E-state index >= 15 is 0 Å². The smallest absolute Gasteiger partial charge is 0.338 e. The van der Waals surface area contributed by atoms with E-state index in [0.29, 0.717) is 12.1 Å². The maximum absolute atomic E-state index is 12.0. The molecule has 0 atom stereocenters. The summed E-state index contributed by atoms with van der Waals surface area (Å²) in [4.78, 5) is 29.2. The minimum atomic E-state index is -0.510. The van der Waals surface area contributed by atoms with E-state index in [9.17, 15) is 9.59 Å². The van der Waals surface area contributed by atoms with Crippen LogP contribution in [0.3, 0.4) is 0 Å². The Kier molecular flexibility index (Phi) is 6.25. The van der Waals surface area contributed by atoms with Crippen molar-refractivity contribution in [1.29, 1.82) is 0 Å². The molecule has 0 aliphatic carbocycles. The van der Waals surface area contributed by atoms with Crippen LogP contribution in [-0.2, 0) is 9.53 Å². The average Bonchev–Trinajstić information content (AvgIpc) is 3.12. The van der Waals surface area contributed by atoms with E-state index in [1.54, 1.807) is 35.5 Å². The zero-order chi connectivity index (χ0) is 18.4. The summed E-state index contributed by atoms with van der Waals surface area (Å²) in [7, 11) is 0. The molecule has 26 heavy (non-hydrogen) atoms. The number of esters is 1. The predicted octanol–water partition coefficient (Wildman–Crippen LogP) is 3.67. The van der Waals surface area contributed by atoms with Gasteiger partial charge in [0.05, 0.1) is 21.3 Å². The summed E-state index contributed by atoms with van der Waals surface area (Å²) in [5, 5.41) is 2.75. The van der Waals surface area contributed by atoms with E-state index in [0.717, 1.165) is 20.9 Å². The van der Waals surface area contributed by atoms with Crippen LogP contribution in [0.4, 0.5) is 0 Å². The van der Waals surface area contributed by atoms with Crippen LogP contribution in [0.15, 0.2) is 52.9 Å². The third kappa shape index (κ3) is 5.06. The number of hydrogen-bond acceptors (Lipinski definition) is 6. The fraction of sp³-hybridized carbons (Fsp3) is 0.211. The summed E-state index contributed by atoms with van der Waals surface area (Å²) >= 11 is 3.12. The number of benzene rings is 2. The third-order valence-corrected chi connectivity index (χ3v) is 5.42. The molecule has 3 rings (SSSR count). The summed E-state index contributed by atoms with van der Waals surface area (Å²) in [6.07, 6.45) is 0. The Balaban J connectivity index is 1.38. The summed E-state index contributed by atoms with van der Waals surface area (Å²) in [6, 6.07) is 13.4. The van der Waals surface area contributed by atoms with Crippen LogP contribution in [0, 0.1) is 6.92 Å².